The van der Waals surface area contributed by atoms with Gasteiger partial charge in [0.2, 0.25) is 5.16 Å². The minimum atomic E-state index is -0.689. The van der Waals surface area contributed by atoms with Gasteiger partial charge in [-0.25, -0.2) is 0 Å². The van der Waals surface area contributed by atoms with Gasteiger partial charge < -0.3 is 10.1 Å². The van der Waals surface area contributed by atoms with E-state index >= 15 is 0 Å². The number of benzene rings is 3. The largest absolute Gasteiger partial charge is 0.480 e. The van der Waals surface area contributed by atoms with Gasteiger partial charge in [-0.3, -0.25) is 9.59 Å². The number of ether oxygens (including phenoxy) is 1. The van der Waals surface area contributed by atoms with Crippen molar-refractivity contribution in [3.8, 4) is 11.4 Å². The number of hydrogen-bond acceptors (Lipinski definition) is 7. The van der Waals surface area contributed by atoms with Crippen molar-refractivity contribution in [2.75, 3.05) is 5.32 Å². The Kier molecular flexibility index (Phi) is 9.49. The number of tetrazole rings is 1. The number of anilines is 1. The van der Waals surface area contributed by atoms with E-state index in [1.165, 1.54) is 17.3 Å². The van der Waals surface area contributed by atoms with E-state index in [1.807, 2.05) is 55.5 Å². The molecule has 1 heterocycles. The second kappa shape index (κ2) is 13.2. The first-order valence-corrected chi connectivity index (χ1v) is 16.7. The fraction of sp³-hybridized carbons (Fsp3) is 0.417. The SMILES string of the molecule is CCC(Oc1ccc(C(C)(C)CC)cc1C(C)(C)CC)C(=O)Nc1ccc2c(c1)C(=O)C(Sc1nnnn1-c1ccccc1)C2. The molecule has 9 heteroatoms. The van der Waals surface area contributed by atoms with Crippen LogP contribution in [0.3, 0.4) is 0 Å². The van der Waals surface area contributed by atoms with Crippen molar-refractivity contribution in [3.63, 3.8) is 0 Å². The third kappa shape index (κ3) is 6.83. The van der Waals surface area contributed by atoms with Crippen LogP contribution < -0.4 is 10.1 Å². The molecule has 0 spiro atoms. The number of ketones is 1. The maximum absolute atomic E-state index is 13.5. The van der Waals surface area contributed by atoms with Crippen molar-refractivity contribution >= 4 is 29.1 Å². The van der Waals surface area contributed by atoms with E-state index in [9.17, 15) is 9.59 Å². The first kappa shape index (κ1) is 32.4. The van der Waals surface area contributed by atoms with Gasteiger partial charge in [-0.2, -0.15) is 4.68 Å². The summed E-state index contributed by atoms with van der Waals surface area (Å²) in [5.41, 5.74) is 5.25. The summed E-state index contributed by atoms with van der Waals surface area (Å²) in [5.74, 6) is 0.494. The number of carbonyl (C=O) groups excluding carboxylic acids is 2. The fourth-order valence-corrected chi connectivity index (χ4v) is 6.49. The normalized spacial score (nSPS) is 15.5. The zero-order valence-electron chi connectivity index (χ0n) is 27.3. The fourth-order valence-electron chi connectivity index (χ4n) is 5.41. The van der Waals surface area contributed by atoms with Crippen molar-refractivity contribution in [2.24, 2.45) is 0 Å². The second-order valence-electron chi connectivity index (χ2n) is 12.9. The van der Waals surface area contributed by atoms with E-state index in [2.05, 4.69) is 74.5 Å². The van der Waals surface area contributed by atoms with Crippen LogP contribution in [0.5, 0.6) is 5.75 Å². The molecule has 8 nitrogen and oxygen atoms in total. The molecule has 1 aliphatic rings. The molecule has 45 heavy (non-hydrogen) atoms. The van der Waals surface area contributed by atoms with Gasteiger partial charge in [0.05, 0.1) is 10.9 Å². The minimum Gasteiger partial charge on any atom is -0.480 e. The molecule has 1 aromatic heterocycles. The molecule has 0 saturated carbocycles. The number of Topliss-reactive ketones (excluding diaryl/α,β-unsaturated/α-hetero) is 1. The van der Waals surface area contributed by atoms with Crippen LogP contribution in [-0.4, -0.2) is 43.3 Å². The smallest absolute Gasteiger partial charge is 0.265 e. The van der Waals surface area contributed by atoms with Crippen LogP contribution in [0.15, 0.2) is 71.9 Å². The Morgan fingerprint density at radius 1 is 1.00 bits per heavy atom. The van der Waals surface area contributed by atoms with Crippen LogP contribution >= 0.6 is 11.8 Å². The van der Waals surface area contributed by atoms with Crippen LogP contribution in [0.1, 0.15) is 94.8 Å². The number of amides is 1. The zero-order valence-corrected chi connectivity index (χ0v) is 28.1. The summed E-state index contributed by atoms with van der Waals surface area (Å²) in [6.07, 6.45) is 2.33. The number of carbonyl (C=O) groups is 2. The Morgan fingerprint density at radius 3 is 2.42 bits per heavy atom. The number of nitrogens with zero attached hydrogens (tertiary/aromatic N) is 4. The Balaban J connectivity index is 1.31. The minimum absolute atomic E-state index is 0.00136. The molecule has 4 aromatic rings. The highest BCUT2D eigenvalue weighted by Gasteiger charge is 2.34. The Labute approximate surface area is 270 Å². The maximum Gasteiger partial charge on any atom is 0.265 e. The molecule has 5 rings (SSSR count). The average Bonchev–Trinajstić information content (AvgIpc) is 3.64. The number of thioether (sulfide) groups is 1. The predicted octanol–water partition coefficient (Wildman–Crippen LogP) is 7.73. The molecule has 1 aliphatic carbocycles. The Hall–Kier alpha value is -3.98. The number of hydrogen-bond donors (Lipinski definition) is 1. The van der Waals surface area contributed by atoms with Crippen LogP contribution in [-0.2, 0) is 22.0 Å². The highest BCUT2D eigenvalue weighted by Crippen LogP contribution is 2.39. The number of para-hydroxylation sites is 1. The molecule has 0 aliphatic heterocycles. The molecule has 0 radical (unpaired) electrons. The topological polar surface area (TPSA) is 99.0 Å². The summed E-state index contributed by atoms with van der Waals surface area (Å²) >= 11 is 1.35. The molecular formula is C36H43N5O3S. The van der Waals surface area contributed by atoms with E-state index in [-0.39, 0.29) is 27.8 Å². The van der Waals surface area contributed by atoms with Crippen molar-refractivity contribution < 1.29 is 14.3 Å². The average molecular weight is 626 g/mol. The van der Waals surface area contributed by atoms with Crippen molar-refractivity contribution in [1.29, 1.82) is 0 Å². The van der Waals surface area contributed by atoms with Gasteiger partial charge >= 0.3 is 0 Å². The monoisotopic (exact) mass is 625 g/mol. The van der Waals surface area contributed by atoms with Crippen LogP contribution in [0.4, 0.5) is 5.69 Å². The van der Waals surface area contributed by atoms with Crippen molar-refractivity contribution in [2.45, 2.75) is 101 Å². The van der Waals surface area contributed by atoms with Crippen molar-refractivity contribution in [1.82, 2.24) is 20.2 Å². The maximum atomic E-state index is 13.5. The first-order valence-electron chi connectivity index (χ1n) is 15.8. The molecule has 0 fully saturated rings. The Bertz CT molecular complexity index is 1680. The molecule has 3 aromatic carbocycles. The summed E-state index contributed by atoms with van der Waals surface area (Å²) in [6, 6.07) is 21.5. The van der Waals surface area contributed by atoms with Gasteiger partial charge in [0.1, 0.15) is 5.75 Å². The predicted molar refractivity (Wildman–Crippen MR) is 180 cm³/mol. The molecule has 1 amide bonds. The quantitative estimate of drug-likeness (QED) is 0.172. The van der Waals surface area contributed by atoms with E-state index in [0.29, 0.717) is 29.2 Å². The summed E-state index contributed by atoms with van der Waals surface area (Å²) in [5, 5.41) is 15.3. The summed E-state index contributed by atoms with van der Waals surface area (Å²) in [7, 11) is 0. The molecule has 2 unspecified atom stereocenters. The standard InChI is InChI=1S/C36H43N5O3S/c1-8-29(44-30-19-17-24(35(4,5)9-2)21-28(30)36(6,7)10-3)33(43)37-25-18-16-23-20-31(32(42)27(23)22-25)45-34-38-39-40-41(34)26-14-12-11-13-15-26/h11-19,21-22,29,31H,8-10,20H2,1-7H3,(H,37,43). The lowest BCUT2D eigenvalue weighted by Crippen LogP contribution is -2.33. The number of nitrogens with one attached hydrogen (secondary N) is 1. The first-order chi connectivity index (χ1) is 21.5. The summed E-state index contributed by atoms with van der Waals surface area (Å²) in [6.45, 7) is 15.3. The molecule has 0 saturated heterocycles. The second-order valence-corrected chi connectivity index (χ2v) is 14.1. The van der Waals surface area contributed by atoms with E-state index in [4.69, 9.17) is 4.74 Å². The molecule has 1 N–H and O–H groups in total. The highest BCUT2D eigenvalue weighted by molar-refractivity contribution is 8.00. The van der Waals surface area contributed by atoms with Gasteiger partial charge in [-0.1, -0.05) is 96.6 Å². The number of aromatic nitrogens is 4. The van der Waals surface area contributed by atoms with Gasteiger partial charge in [0.25, 0.3) is 5.91 Å². The third-order valence-electron chi connectivity index (χ3n) is 9.22. The summed E-state index contributed by atoms with van der Waals surface area (Å²) in [4.78, 5) is 27.0. The van der Waals surface area contributed by atoms with Crippen LogP contribution in [0, 0.1) is 0 Å². The van der Waals surface area contributed by atoms with E-state index < -0.39 is 6.10 Å². The van der Waals surface area contributed by atoms with Gasteiger partial charge in [0, 0.05) is 16.8 Å². The zero-order chi connectivity index (χ0) is 32.4. The van der Waals surface area contributed by atoms with E-state index in [0.717, 1.165) is 35.4 Å². The molecule has 0 bridgehead atoms. The van der Waals surface area contributed by atoms with E-state index in [1.54, 1.807) is 10.7 Å². The number of fused-ring (bicyclic) bond motifs is 1. The Morgan fingerprint density at radius 2 is 1.73 bits per heavy atom. The lowest BCUT2D eigenvalue weighted by molar-refractivity contribution is -0.122. The van der Waals surface area contributed by atoms with Gasteiger partial charge in [-0.15, -0.1) is 5.10 Å². The van der Waals surface area contributed by atoms with Crippen LogP contribution in [0.2, 0.25) is 0 Å². The van der Waals surface area contributed by atoms with Gasteiger partial charge in [0.15, 0.2) is 11.9 Å². The lowest BCUT2D eigenvalue weighted by atomic mass is 9.76. The highest BCUT2D eigenvalue weighted by atomic mass is 32.2. The molecule has 2 atom stereocenters. The third-order valence-corrected chi connectivity index (χ3v) is 10.4. The van der Waals surface area contributed by atoms with Gasteiger partial charge in [-0.05, 0) is 88.4 Å². The lowest BCUT2D eigenvalue weighted by Gasteiger charge is -2.31. The summed E-state index contributed by atoms with van der Waals surface area (Å²) < 4.78 is 8.09. The van der Waals surface area contributed by atoms with Crippen molar-refractivity contribution in [3.05, 3.63) is 89.0 Å². The molecular weight excluding hydrogens is 582 g/mol. The van der Waals surface area contributed by atoms with Crippen LogP contribution in [0.25, 0.3) is 5.69 Å². The molecule has 236 valence electrons. The number of rotatable bonds is 12.